The Balaban J connectivity index is 2.41. The zero-order chi connectivity index (χ0) is 15.4. The molecular formula is C16H20ClFN2S. The van der Waals surface area contributed by atoms with Crippen LogP contribution in [0.1, 0.15) is 47.5 Å². The molecule has 0 saturated heterocycles. The lowest BCUT2D eigenvalue weighted by Crippen LogP contribution is -2.23. The summed E-state index contributed by atoms with van der Waals surface area (Å²) in [5.74, 6) is -0.315. The van der Waals surface area contributed by atoms with E-state index < -0.39 is 0 Å². The summed E-state index contributed by atoms with van der Waals surface area (Å²) in [5, 5.41) is 4.83. The van der Waals surface area contributed by atoms with Crippen LogP contribution in [-0.2, 0) is 6.42 Å². The minimum absolute atomic E-state index is 0.109. The van der Waals surface area contributed by atoms with Gasteiger partial charge in [0.2, 0.25) is 0 Å². The van der Waals surface area contributed by atoms with E-state index in [9.17, 15) is 4.39 Å². The first-order valence-electron chi connectivity index (χ1n) is 7.20. The molecule has 0 saturated carbocycles. The van der Waals surface area contributed by atoms with Crippen molar-refractivity contribution in [3.8, 4) is 0 Å². The van der Waals surface area contributed by atoms with E-state index in [1.807, 2.05) is 0 Å². The summed E-state index contributed by atoms with van der Waals surface area (Å²) in [7, 11) is 0. The Labute approximate surface area is 134 Å². The number of aromatic nitrogens is 1. The number of aryl methyl sites for hydroxylation is 2. The van der Waals surface area contributed by atoms with E-state index in [0.29, 0.717) is 5.02 Å². The van der Waals surface area contributed by atoms with Gasteiger partial charge in [-0.15, -0.1) is 11.3 Å². The van der Waals surface area contributed by atoms with E-state index in [-0.39, 0.29) is 11.9 Å². The minimum atomic E-state index is -0.315. The van der Waals surface area contributed by atoms with Crippen LogP contribution < -0.4 is 5.32 Å². The standard InChI is InChI=1S/C16H20ClFN2S/c1-4-6-19-15(11-7-12(17)9-13(18)8-11)16-20-14(5-2)10(3)21-16/h7-9,15,19H,4-6H2,1-3H3. The third-order valence-electron chi connectivity index (χ3n) is 3.31. The van der Waals surface area contributed by atoms with E-state index in [1.54, 1.807) is 17.4 Å². The predicted octanol–water partition coefficient (Wildman–Crippen LogP) is 4.90. The zero-order valence-electron chi connectivity index (χ0n) is 12.5. The van der Waals surface area contributed by atoms with Crippen LogP contribution in [-0.4, -0.2) is 11.5 Å². The molecule has 2 nitrogen and oxygen atoms in total. The topological polar surface area (TPSA) is 24.9 Å². The number of nitrogens with zero attached hydrogens (tertiary/aromatic N) is 1. The number of nitrogens with one attached hydrogen (secondary N) is 1. The van der Waals surface area contributed by atoms with E-state index in [4.69, 9.17) is 16.6 Å². The van der Waals surface area contributed by atoms with Crippen molar-refractivity contribution in [1.82, 2.24) is 10.3 Å². The van der Waals surface area contributed by atoms with E-state index >= 15 is 0 Å². The van der Waals surface area contributed by atoms with Crippen molar-refractivity contribution in [1.29, 1.82) is 0 Å². The highest BCUT2D eigenvalue weighted by molar-refractivity contribution is 7.11. The van der Waals surface area contributed by atoms with Crippen molar-refractivity contribution >= 4 is 22.9 Å². The largest absolute Gasteiger partial charge is 0.304 e. The summed E-state index contributed by atoms with van der Waals surface area (Å²) in [4.78, 5) is 5.93. The van der Waals surface area contributed by atoms with Crippen LogP contribution in [0.5, 0.6) is 0 Å². The van der Waals surface area contributed by atoms with E-state index in [0.717, 1.165) is 35.7 Å². The van der Waals surface area contributed by atoms with Gasteiger partial charge in [-0.3, -0.25) is 0 Å². The number of hydrogen-bond acceptors (Lipinski definition) is 3. The number of benzene rings is 1. The van der Waals surface area contributed by atoms with E-state index in [2.05, 4.69) is 26.1 Å². The van der Waals surface area contributed by atoms with Gasteiger partial charge < -0.3 is 5.32 Å². The fourth-order valence-corrected chi connectivity index (χ4v) is 3.62. The molecule has 5 heteroatoms. The quantitative estimate of drug-likeness (QED) is 0.817. The highest BCUT2D eigenvalue weighted by Gasteiger charge is 2.19. The van der Waals surface area contributed by atoms with Crippen molar-refractivity contribution in [2.24, 2.45) is 0 Å². The Kier molecular flexibility index (Phi) is 5.73. The first-order chi connectivity index (χ1) is 10.0. The molecule has 0 bridgehead atoms. The Morgan fingerprint density at radius 3 is 2.67 bits per heavy atom. The van der Waals surface area contributed by atoms with Crippen LogP contribution >= 0.6 is 22.9 Å². The molecule has 1 N–H and O–H groups in total. The van der Waals surface area contributed by atoms with Gasteiger partial charge in [0.15, 0.2) is 0 Å². The van der Waals surface area contributed by atoms with Crippen LogP contribution in [0.3, 0.4) is 0 Å². The molecule has 0 aliphatic heterocycles. The van der Waals surface area contributed by atoms with Gasteiger partial charge in [-0.05, 0) is 50.1 Å². The summed E-state index contributed by atoms with van der Waals surface area (Å²) in [5.41, 5.74) is 1.94. The maximum absolute atomic E-state index is 13.6. The molecule has 0 aliphatic carbocycles. The fourth-order valence-electron chi connectivity index (χ4n) is 2.28. The van der Waals surface area contributed by atoms with Gasteiger partial charge in [-0.1, -0.05) is 25.4 Å². The normalized spacial score (nSPS) is 12.6. The number of halogens is 2. The van der Waals surface area contributed by atoms with Crippen LogP contribution in [0.15, 0.2) is 18.2 Å². The Hall–Kier alpha value is -0.970. The first kappa shape index (κ1) is 16.4. The van der Waals surface area contributed by atoms with Crippen molar-refractivity contribution in [3.63, 3.8) is 0 Å². The van der Waals surface area contributed by atoms with Crippen molar-refractivity contribution in [2.45, 2.75) is 39.7 Å². The smallest absolute Gasteiger partial charge is 0.125 e. The van der Waals surface area contributed by atoms with Gasteiger partial charge in [0.1, 0.15) is 10.8 Å². The van der Waals surface area contributed by atoms with Gasteiger partial charge in [0.05, 0.1) is 11.7 Å². The maximum Gasteiger partial charge on any atom is 0.125 e. The fraction of sp³-hybridized carbons (Fsp3) is 0.438. The van der Waals surface area contributed by atoms with Gasteiger partial charge in [0, 0.05) is 9.90 Å². The Morgan fingerprint density at radius 2 is 2.10 bits per heavy atom. The van der Waals surface area contributed by atoms with Crippen LogP contribution in [0.25, 0.3) is 0 Å². The summed E-state index contributed by atoms with van der Waals surface area (Å²) in [6, 6.07) is 4.55. The van der Waals surface area contributed by atoms with E-state index in [1.165, 1.54) is 17.0 Å². The molecular weight excluding hydrogens is 307 g/mol. The third kappa shape index (κ3) is 4.02. The van der Waals surface area contributed by atoms with Crippen molar-refractivity contribution in [2.75, 3.05) is 6.54 Å². The molecule has 114 valence electrons. The second kappa shape index (κ2) is 7.34. The second-order valence-electron chi connectivity index (χ2n) is 5.00. The lowest BCUT2D eigenvalue weighted by molar-refractivity contribution is 0.582. The molecule has 1 unspecified atom stereocenters. The molecule has 0 spiro atoms. The molecule has 2 rings (SSSR count). The summed E-state index contributed by atoms with van der Waals surface area (Å²) in [6.45, 7) is 7.13. The lowest BCUT2D eigenvalue weighted by Gasteiger charge is -2.17. The number of rotatable bonds is 6. The summed E-state index contributed by atoms with van der Waals surface area (Å²) >= 11 is 7.66. The Bertz CT molecular complexity index is 592. The number of thiazole rings is 1. The average Bonchev–Trinajstić information content (AvgIpc) is 2.79. The highest BCUT2D eigenvalue weighted by Crippen LogP contribution is 2.30. The minimum Gasteiger partial charge on any atom is -0.304 e. The van der Waals surface area contributed by atoms with Gasteiger partial charge in [0.25, 0.3) is 0 Å². The first-order valence-corrected chi connectivity index (χ1v) is 8.40. The Morgan fingerprint density at radius 1 is 1.33 bits per heavy atom. The second-order valence-corrected chi connectivity index (χ2v) is 6.67. The van der Waals surface area contributed by atoms with Crippen molar-refractivity contribution in [3.05, 3.63) is 50.2 Å². The molecule has 1 heterocycles. The predicted molar refractivity (Wildman–Crippen MR) is 87.8 cm³/mol. The molecule has 0 radical (unpaired) electrons. The molecule has 0 aliphatic rings. The van der Waals surface area contributed by atoms with Gasteiger partial charge in [-0.25, -0.2) is 9.37 Å². The molecule has 0 amide bonds. The molecule has 1 aromatic heterocycles. The SMILES string of the molecule is CCCNC(c1cc(F)cc(Cl)c1)c1nc(CC)c(C)s1. The summed E-state index contributed by atoms with van der Waals surface area (Å²) in [6.07, 6.45) is 1.91. The highest BCUT2D eigenvalue weighted by atomic mass is 35.5. The zero-order valence-corrected chi connectivity index (χ0v) is 14.1. The van der Waals surface area contributed by atoms with Crippen LogP contribution in [0.2, 0.25) is 5.02 Å². The monoisotopic (exact) mass is 326 g/mol. The lowest BCUT2D eigenvalue weighted by atomic mass is 10.1. The molecule has 1 atom stereocenters. The van der Waals surface area contributed by atoms with Crippen LogP contribution in [0, 0.1) is 12.7 Å². The van der Waals surface area contributed by atoms with Crippen molar-refractivity contribution < 1.29 is 4.39 Å². The summed E-state index contributed by atoms with van der Waals surface area (Å²) < 4.78 is 13.6. The molecule has 21 heavy (non-hydrogen) atoms. The molecule has 2 aromatic rings. The molecule has 1 aromatic carbocycles. The average molecular weight is 327 g/mol. The maximum atomic E-state index is 13.6. The molecule has 0 fully saturated rings. The van der Waals surface area contributed by atoms with Crippen LogP contribution in [0.4, 0.5) is 4.39 Å². The number of hydrogen-bond donors (Lipinski definition) is 1. The van der Waals surface area contributed by atoms with Gasteiger partial charge >= 0.3 is 0 Å². The third-order valence-corrected chi connectivity index (χ3v) is 4.60. The van der Waals surface area contributed by atoms with Gasteiger partial charge in [-0.2, -0.15) is 0 Å².